The van der Waals surface area contributed by atoms with E-state index in [1.807, 2.05) is 0 Å². The standard InChI is InChI=1S/C24H22FN3O5/c1-10-11-2-3-16(26-4-5-29)20-13-8-28-18(21(13)27-17(19(11)20)7-15(10)25)6-12-14(23(28)31)9-33-24(32)22(12)30/h6-7,16,22,26,29-30H,2-5,8-9H2,1H3. The summed E-state index contributed by atoms with van der Waals surface area (Å²) in [5.41, 5.74) is 5.09. The van der Waals surface area contributed by atoms with Crippen LogP contribution >= 0.6 is 0 Å². The van der Waals surface area contributed by atoms with Crippen LogP contribution in [0.15, 0.2) is 16.9 Å². The number of esters is 1. The molecule has 0 amide bonds. The van der Waals surface area contributed by atoms with Crippen molar-refractivity contribution in [3.05, 3.63) is 61.7 Å². The molecular formula is C24H22FN3O5. The van der Waals surface area contributed by atoms with E-state index in [4.69, 9.17) is 9.72 Å². The van der Waals surface area contributed by atoms with Gasteiger partial charge in [-0.25, -0.2) is 14.2 Å². The van der Waals surface area contributed by atoms with Crippen LogP contribution < -0.4 is 10.9 Å². The minimum atomic E-state index is -1.53. The average Bonchev–Trinajstić information content (AvgIpc) is 3.17. The lowest BCUT2D eigenvalue weighted by molar-refractivity contribution is -0.157. The maximum atomic E-state index is 14.8. The third kappa shape index (κ3) is 2.76. The van der Waals surface area contributed by atoms with Gasteiger partial charge in [0.25, 0.3) is 5.56 Å². The Balaban J connectivity index is 1.65. The van der Waals surface area contributed by atoms with Crippen LogP contribution in [0.2, 0.25) is 0 Å². The molecule has 170 valence electrons. The molecule has 33 heavy (non-hydrogen) atoms. The predicted octanol–water partition coefficient (Wildman–Crippen LogP) is 1.53. The van der Waals surface area contributed by atoms with Gasteiger partial charge in [-0.3, -0.25) is 4.79 Å². The second kappa shape index (κ2) is 7.18. The summed E-state index contributed by atoms with van der Waals surface area (Å²) < 4.78 is 21.3. The highest BCUT2D eigenvalue weighted by molar-refractivity contribution is 5.93. The third-order valence-corrected chi connectivity index (χ3v) is 7.15. The number of aliphatic hydroxyl groups is 2. The van der Waals surface area contributed by atoms with Gasteiger partial charge in [-0.05, 0) is 42.5 Å². The van der Waals surface area contributed by atoms with E-state index in [1.54, 1.807) is 17.6 Å². The summed E-state index contributed by atoms with van der Waals surface area (Å²) in [4.78, 5) is 29.9. The molecule has 8 nitrogen and oxygen atoms in total. The summed E-state index contributed by atoms with van der Waals surface area (Å²) in [6, 6.07) is 2.98. The van der Waals surface area contributed by atoms with Gasteiger partial charge in [0.05, 0.1) is 35.6 Å². The number of hydrogen-bond donors (Lipinski definition) is 3. The number of pyridine rings is 2. The van der Waals surface area contributed by atoms with E-state index in [0.29, 0.717) is 35.4 Å². The lowest BCUT2D eigenvalue weighted by Crippen LogP contribution is -2.32. The molecule has 1 aliphatic carbocycles. The fraction of sp³-hybridized carbons (Fsp3) is 0.375. The highest BCUT2D eigenvalue weighted by atomic mass is 19.1. The van der Waals surface area contributed by atoms with Gasteiger partial charge < -0.3 is 24.8 Å². The third-order valence-electron chi connectivity index (χ3n) is 7.15. The zero-order valence-electron chi connectivity index (χ0n) is 17.9. The van der Waals surface area contributed by atoms with Gasteiger partial charge in [0.1, 0.15) is 12.4 Å². The van der Waals surface area contributed by atoms with Crippen LogP contribution in [0.25, 0.3) is 22.3 Å². The number of cyclic esters (lactones) is 1. The molecule has 2 aliphatic heterocycles. The summed E-state index contributed by atoms with van der Waals surface area (Å²) in [6.45, 7) is 2.27. The topological polar surface area (TPSA) is 114 Å². The first-order valence-corrected chi connectivity index (χ1v) is 11.0. The summed E-state index contributed by atoms with van der Waals surface area (Å²) in [6.07, 6.45) is -0.115. The molecule has 0 saturated carbocycles. The average molecular weight is 451 g/mol. The number of nitrogens with zero attached hydrogens (tertiary/aromatic N) is 2. The van der Waals surface area contributed by atoms with E-state index in [0.717, 1.165) is 28.5 Å². The Morgan fingerprint density at radius 1 is 1.27 bits per heavy atom. The van der Waals surface area contributed by atoms with E-state index in [-0.39, 0.29) is 48.3 Å². The van der Waals surface area contributed by atoms with Crippen molar-refractivity contribution in [3.63, 3.8) is 0 Å². The Labute approximate surface area is 187 Å². The van der Waals surface area contributed by atoms with Gasteiger partial charge in [-0.1, -0.05) is 0 Å². The monoisotopic (exact) mass is 451 g/mol. The molecule has 2 aromatic heterocycles. The molecule has 0 spiro atoms. The number of nitrogens with one attached hydrogen (secondary N) is 1. The van der Waals surface area contributed by atoms with Crippen molar-refractivity contribution in [2.24, 2.45) is 0 Å². The maximum Gasteiger partial charge on any atom is 0.340 e. The van der Waals surface area contributed by atoms with Crippen LogP contribution in [-0.2, 0) is 29.1 Å². The first-order chi connectivity index (χ1) is 15.9. The second-order valence-corrected chi connectivity index (χ2v) is 8.84. The van der Waals surface area contributed by atoms with E-state index in [2.05, 4.69) is 5.32 Å². The normalized spacial score (nSPS) is 20.4. The molecule has 1 aromatic carbocycles. The Morgan fingerprint density at radius 2 is 2.09 bits per heavy atom. The molecule has 6 rings (SSSR count). The van der Waals surface area contributed by atoms with Crippen molar-refractivity contribution >= 4 is 16.9 Å². The number of hydrogen-bond acceptors (Lipinski definition) is 7. The van der Waals surface area contributed by atoms with Crippen molar-refractivity contribution in [1.82, 2.24) is 14.9 Å². The van der Waals surface area contributed by atoms with Crippen LogP contribution in [0, 0.1) is 12.7 Å². The molecule has 2 unspecified atom stereocenters. The zero-order chi connectivity index (χ0) is 23.0. The van der Waals surface area contributed by atoms with Crippen molar-refractivity contribution in [1.29, 1.82) is 0 Å². The number of carbonyl (C=O) groups excluding carboxylic acids is 1. The number of rotatable bonds is 3. The van der Waals surface area contributed by atoms with Gasteiger partial charge >= 0.3 is 5.97 Å². The zero-order valence-corrected chi connectivity index (χ0v) is 17.9. The Kier molecular flexibility index (Phi) is 4.45. The molecule has 0 fully saturated rings. The minimum Gasteiger partial charge on any atom is -0.458 e. The maximum absolute atomic E-state index is 14.8. The number of aromatic nitrogens is 2. The first-order valence-electron chi connectivity index (χ1n) is 11.0. The van der Waals surface area contributed by atoms with Gasteiger partial charge in [-0.15, -0.1) is 0 Å². The molecular weight excluding hydrogens is 429 g/mol. The number of ether oxygens (including phenoxy) is 1. The highest BCUT2D eigenvalue weighted by Gasteiger charge is 2.37. The number of carbonyl (C=O) groups is 1. The van der Waals surface area contributed by atoms with E-state index >= 15 is 0 Å². The quantitative estimate of drug-likeness (QED) is 0.405. The number of aryl methyl sites for hydroxylation is 1. The molecule has 0 saturated heterocycles. The van der Waals surface area contributed by atoms with E-state index in [9.17, 15) is 24.2 Å². The number of fused-ring (bicyclic) bond motifs is 5. The van der Waals surface area contributed by atoms with Crippen LogP contribution in [-0.4, -0.2) is 38.9 Å². The van der Waals surface area contributed by atoms with Crippen LogP contribution in [0.1, 0.15) is 51.9 Å². The minimum absolute atomic E-state index is 0.0134. The Bertz CT molecular complexity index is 1430. The molecule has 3 aromatic rings. The second-order valence-electron chi connectivity index (χ2n) is 8.84. The summed E-state index contributed by atoms with van der Waals surface area (Å²) >= 11 is 0. The van der Waals surface area contributed by atoms with E-state index in [1.165, 1.54) is 6.07 Å². The van der Waals surface area contributed by atoms with Crippen molar-refractivity contribution < 1.29 is 24.1 Å². The summed E-state index contributed by atoms with van der Waals surface area (Å²) in [5.74, 6) is -1.11. The van der Waals surface area contributed by atoms with Gasteiger partial charge in [0.2, 0.25) is 0 Å². The SMILES string of the molecule is Cc1c(F)cc2nc3c(c4c2c1CCC4NCCO)Cn1c-3cc2c(c1=O)COC(=O)C2O. The largest absolute Gasteiger partial charge is 0.458 e. The van der Waals surface area contributed by atoms with Crippen molar-refractivity contribution in [3.8, 4) is 11.4 Å². The molecule has 3 aliphatic rings. The predicted molar refractivity (Wildman–Crippen MR) is 116 cm³/mol. The molecule has 0 radical (unpaired) electrons. The number of halogens is 1. The van der Waals surface area contributed by atoms with Crippen molar-refractivity contribution in [2.75, 3.05) is 13.2 Å². The molecule has 9 heteroatoms. The van der Waals surface area contributed by atoms with Gasteiger partial charge in [-0.2, -0.15) is 0 Å². The molecule has 4 heterocycles. The summed E-state index contributed by atoms with van der Waals surface area (Å²) in [5, 5.41) is 24.0. The van der Waals surface area contributed by atoms with Gasteiger partial charge in [0, 0.05) is 35.2 Å². The molecule has 0 bridgehead atoms. The smallest absolute Gasteiger partial charge is 0.340 e. The first kappa shape index (κ1) is 20.5. The molecule has 2 atom stereocenters. The lowest BCUT2D eigenvalue weighted by Gasteiger charge is -2.29. The van der Waals surface area contributed by atoms with Crippen LogP contribution in [0.3, 0.4) is 0 Å². The fourth-order valence-electron chi connectivity index (χ4n) is 5.54. The van der Waals surface area contributed by atoms with Gasteiger partial charge in [0.15, 0.2) is 6.10 Å². The number of aliphatic hydroxyl groups excluding tert-OH is 2. The van der Waals surface area contributed by atoms with Crippen LogP contribution in [0.5, 0.6) is 0 Å². The fourth-order valence-corrected chi connectivity index (χ4v) is 5.54. The summed E-state index contributed by atoms with van der Waals surface area (Å²) in [7, 11) is 0. The Hall–Kier alpha value is -3.14. The van der Waals surface area contributed by atoms with Crippen LogP contribution in [0.4, 0.5) is 4.39 Å². The number of benzene rings is 1. The highest BCUT2D eigenvalue weighted by Crippen LogP contribution is 2.45. The lowest BCUT2D eigenvalue weighted by atomic mass is 9.81. The Morgan fingerprint density at radius 3 is 2.88 bits per heavy atom. The van der Waals surface area contributed by atoms with Crippen molar-refractivity contribution in [2.45, 2.75) is 45.1 Å². The van der Waals surface area contributed by atoms with E-state index < -0.39 is 12.1 Å². The molecule has 3 N–H and O–H groups in total.